The minimum absolute atomic E-state index is 0.797. The lowest BCUT2D eigenvalue weighted by atomic mass is 10.1. The van der Waals surface area contributed by atoms with E-state index in [1.165, 1.54) is 51.7 Å². The Morgan fingerprint density at radius 2 is 0.866 bits per heavy atom. The van der Waals surface area contributed by atoms with Crippen molar-refractivity contribution in [2.24, 2.45) is 0 Å². The molecule has 0 N–H and O–H groups in total. The third kappa shape index (κ3) is 5.65. The van der Waals surface area contributed by atoms with Gasteiger partial charge in [-0.15, -0.1) is 11.3 Å². The minimum atomic E-state index is -2.97. The van der Waals surface area contributed by atoms with Gasteiger partial charge in [0, 0.05) is 30.9 Å². The molecule has 0 atom stereocenters. The lowest BCUT2D eigenvalue weighted by Crippen LogP contribution is -2.74. The highest BCUT2D eigenvalue weighted by Crippen LogP contribution is 2.37. The normalized spacial score (nSPS) is 12.2. The van der Waals surface area contributed by atoms with Crippen LogP contribution < -0.4 is 20.7 Å². The second kappa shape index (κ2) is 14.8. The maximum atomic E-state index is 5.66. The van der Waals surface area contributed by atoms with Crippen LogP contribution >= 0.6 is 11.3 Å². The highest BCUT2D eigenvalue weighted by atomic mass is 32.1. The zero-order valence-electron chi connectivity index (χ0n) is 36.2. The van der Waals surface area contributed by atoms with E-state index in [2.05, 4.69) is 250 Å². The summed E-state index contributed by atoms with van der Waals surface area (Å²) in [7, 11) is -2.97. The number of aromatic nitrogens is 5. The number of nitrogens with zero attached hydrogens (tertiary/aromatic N) is 5. The molecular weight excluding hydrogens is 851 g/mol. The topological polar surface area (TPSA) is 40.0 Å². The Hall–Kier alpha value is -8.36. The first-order valence-electron chi connectivity index (χ1n) is 22.7. The van der Waals surface area contributed by atoms with Crippen molar-refractivity contribution in [3.05, 3.63) is 237 Å². The Kier molecular flexibility index (Phi) is 8.40. The van der Waals surface area contributed by atoms with Crippen LogP contribution in [0.1, 0.15) is 0 Å². The van der Waals surface area contributed by atoms with Crippen LogP contribution in [0.5, 0.6) is 0 Å². The van der Waals surface area contributed by atoms with Gasteiger partial charge in [0.2, 0.25) is 5.78 Å². The smallest absolute Gasteiger partial charge is 0.221 e. The molecule has 67 heavy (non-hydrogen) atoms. The van der Waals surface area contributed by atoms with Gasteiger partial charge in [-0.2, -0.15) is 0 Å². The fourth-order valence-electron chi connectivity index (χ4n) is 10.9. The summed E-state index contributed by atoms with van der Waals surface area (Å²) in [6.07, 6.45) is 0. The monoisotopic (exact) mass is 889 g/mol. The van der Waals surface area contributed by atoms with Crippen LogP contribution in [0.25, 0.3) is 92.6 Å². The number of thiophene rings is 1. The largest absolute Gasteiger partial charge is 0.294 e. The molecular formula is C60H39N5SSi. The molecule has 0 aliphatic heterocycles. The summed E-state index contributed by atoms with van der Waals surface area (Å²) in [4.78, 5) is 11.0. The van der Waals surface area contributed by atoms with Crippen LogP contribution in [0.15, 0.2) is 237 Å². The molecule has 0 fully saturated rings. The van der Waals surface area contributed by atoms with E-state index in [0.717, 1.165) is 61.6 Å². The SMILES string of the molecule is c1ccc([Si](c2ccccc2)(c2cccc(-c3cc(-n4c5ccccc5c5ccccc54)nc(-n4c5ccccc5n5c6ccccc6nc45)c3)c2)c2ccc3sc4ccccc4c3c2)cc1. The third-order valence-electron chi connectivity index (χ3n) is 13.8. The fourth-order valence-corrected chi connectivity index (χ4v) is 16.8. The van der Waals surface area contributed by atoms with Gasteiger partial charge in [-0.05, 0) is 92.5 Å². The summed E-state index contributed by atoms with van der Waals surface area (Å²) in [5, 5.41) is 10.3. The zero-order chi connectivity index (χ0) is 44.1. The number of benzene rings is 9. The van der Waals surface area contributed by atoms with Crippen molar-refractivity contribution in [2.45, 2.75) is 0 Å². The molecule has 0 bridgehead atoms. The van der Waals surface area contributed by atoms with Crippen molar-refractivity contribution in [3.8, 4) is 22.8 Å². The molecule has 14 rings (SSSR count). The average molecular weight is 890 g/mol. The van der Waals surface area contributed by atoms with Crippen molar-refractivity contribution in [1.82, 2.24) is 23.5 Å². The molecule has 0 aliphatic carbocycles. The Morgan fingerprint density at radius 3 is 1.58 bits per heavy atom. The summed E-state index contributed by atoms with van der Waals surface area (Å²) >= 11 is 1.87. The molecule has 14 aromatic rings. The molecule has 0 radical (unpaired) electrons. The predicted octanol–water partition coefficient (Wildman–Crippen LogP) is 12.3. The van der Waals surface area contributed by atoms with E-state index in [0.29, 0.717) is 0 Å². The van der Waals surface area contributed by atoms with Gasteiger partial charge in [-0.1, -0.05) is 176 Å². The molecule has 0 spiro atoms. The Balaban J connectivity index is 1.07. The van der Waals surface area contributed by atoms with Gasteiger partial charge in [0.15, 0.2) is 8.07 Å². The molecule has 5 aromatic heterocycles. The van der Waals surface area contributed by atoms with Gasteiger partial charge in [0.05, 0.1) is 33.1 Å². The summed E-state index contributed by atoms with van der Waals surface area (Å²) in [5.41, 5.74) is 8.54. The molecule has 5 heterocycles. The van der Waals surface area contributed by atoms with Crippen molar-refractivity contribution in [3.63, 3.8) is 0 Å². The number of para-hydroxylation sites is 6. The number of hydrogen-bond donors (Lipinski definition) is 0. The van der Waals surface area contributed by atoms with Gasteiger partial charge in [0.25, 0.3) is 0 Å². The van der Waals surface area contributed by atoms with Crippen LogP contribution in [0.3, 0.4) is 0 Å². The molecule has 314 valence electrons. The lowest BCUT2D eigenvalue weighted by molar-refractivity contribution is 0.997. The van der Waals surface area contributed by atoms with E-state index in [4.69, 9.17) is 9.97 Å². The minimum Gasteiger partial charge on any atom is -0.294 e. The number of imidazole rings is 2. The molecule has 0 amide bonds. The van der Waals surface area contributed by atoms with Gasteiger partial charge in [-0.3, -0.25) is 13.5 Å². The van der Waals surface area contributed by atoms with Crippen LogP contribution in [0, 0.1) is 0 Å². The molecule has 7 heteroatoms. The second-order valence-electron chi connectivity index (χ2n) is 17.4. The summed E-state index contributed by atoms with van der Waals surface area (Å²) < 4.78 is 9.47. The molecule has 0 unspecified atom stereocenters. The van der Waals surface area contributed by atoms with Gasteiger partial charge >= 0.3 is 0 Å². The third-order valence-corrected chi connectivity index (χ3v) is 19.7. The van der Waals surface area contributed by atoms with Crippen LogP contribution in [-0.2, 0) is 0 Å². The predicted molar refractivity (Wildman–Crippen MR) is 284 cm³/mol. The Labute approximate surface area is 390 Å². The highest BCUT2D eigenvalue weighted by molar-refractivity contribution is 7.26. The van der Waals surface area contributed by atoms with Gasteiger partial charge in [0.1, 0.15) is 11.6 Å². The average Bonchev–Trinajstić information content (AvgIpc) is 4.14. The van der Waals surface area contributed by atoms with Crippen LogP contribution in [0.2, 0.25) is 0 Å². The summed E-state index contributed by atoms with van der Waals surface area (Å²) in [6.45, 7) is 0. The van der Waals surface area contributed by atoms with E-state index in [-0.39, 0.29) is 0 Å². The van der Waals surface area contributed by atoms with Crippen molar-refractivity contribution in [2.75, 3.05) is 0 Å². The lowest BCUT2D eigenvalue weighted by Gasteiger charge is -2.35. The van der Waals surface area contributed by atoms with Crippen LogP contribution in [0.4, 0.5) is 0 Å². The second-order valence-corrected chi connectivity index (χ2v) is 22.3. The molecule has 9 aromatic carbocycles. The first-order chi connectivity index (χ1) is 33.2. The fraction of sp³-hybridized carbons (Fsp3) is 0. The first-order valence-corrected chi connectivity index (χ1v) is 25.6. The molecule has 0 saturated heterocycles. The molecule has 0 saturated carbocycles. The number of rotatable bonds is 7. The molecule has 5 nitrogen and oxygen atoms in total. The highest BCUT2D eigenvalue weighted by Gasteiger charge is 2.42. The molecule has 0 aliphatic rings. The van der Waals surface area contributed by atoms with E-state index < -0.39 is 8.07 Å². The quantitative estimate of drug-likeness (QED) is 0.118. The van der Waals surface area contributed by atoms with Crippen molar-refractivity contribution < 1.29 is 0 Å². The number of fused-ring (bicyclic) bond motifs is 11. The number of pyridine rings is 1. The van der Waals surface area contributed by atoms with E-state index in [1.807, 2.05) is 11.3 Å². The maximum Gasteiger partial charge on any atom is 0.221 e. The van der Waals surface area contributed by atoms with E-state index in [1.54, 1.807) is 0 Å². The van der Waals surface area contributed by atoms with E-state index >= 15 is 0 Å². The Morgan fingerprint density at radius 1 is 0.328 bits per heavy atom. The first kappa shape index (κ1) is 38.0. The van der Waals surface area contributed by atoms with Crippen molar-refractivity contribution in [1.29, 1.82) is 0 Å². The van der Waals surface area contributed by atoms with Gasteiger partial charge in [-0.25, -0.2) is 9.97 Å². The zero-order valence-corrected chi connectivity index (χ0v) is 38.0. The summed E-state index contributed by atoms with van der Waals surface area (Å²) in [5.74, 6) is 2.46. The van der Waals surface area contributed by atoms with E-state index in [9.17, 15) is 0 Å². The summed E-state index contributed by atoms with van der Waals surface area (Å²) in [6, 6.07) is 86.9. The van der Waals surface area contributed by atoms with Crippen molar-refractivity contribution >= 4 is 110 Å². The maximum absolute atomic E-state index is 5.66. The Bertz CT molecular complexity index is 4150. The number of hydrogen-bond acceptors (Lipinski definition) is 3. The standard InChI is InChI=1S/C60H39N5SSi/c1-3-19-42(20-4-1)67(43-21-5-2-6-22-43,45-34-35-57-49(39-45)48-26-9-16-33-56(48)66-57)44-23-17-18-40(36-44)41-37-58(63-51-28-11-7-24-46(51)47-25-8-12-29-52(47)63)62-59(38-41)65-55-32-15-14-31-54(55)64-53-30-13-10-27-50(53)61-60(64)65/h1-39H. The van der Waals surface area contributed by atoms with Crippen LogP contribution in [-0.4, -0.2) is 31.6 Å². The van der Waals surface area contributed by atoms with Gasteiger partial charge < -0.3 is 0 Å².